The molecule has 2 aromatic heterocycles. The van der Waals surface area contributed by atoms with Gasteiger partial charge in [-0.1, -0.05) is 29.0 Å². The summed E-state index contributed by atoms with van der Waals surface area (Å²) in [6, 6.07) is 14.0. The number of aromatic nitrogens is 3. The third-order valence-corrected chi connectivity index (χ3v) is 6.51. The van der Waals surface area contributed by atoms with E-state index in [2.05, 4.69) is 22.5 Å². The fourth-order valence-electron chi connectivity index (χ4n) is 3.93. The van der Waals surface area contributed by atoms with Crippen LogP contribution in [0.1, 0.15) is 35.2 Å². The first-order valence-electron chi connectivity index (χ1n) is 10.5. The van der Waals surface area contributed by atoms with Gasteiger partial charge >= 0.3 is 0 Å². The van der Waals surface area contributed by atoms with Crippen LogP contribution in [-0.4, -0.2) is 27.3 Å². The number of nitrogens with one attached hydrogen (secondary N) is 1. The number of thiazole rings is 1. The van der Waals surface area contributed by atoms with Crippen molar-refractivity contribution in [1.82, 2.24) is 14.8 Å². The molecule has 0 aliphatic heterocycles. The van der Waals surface area contributed by atoms with Crippen molar-refractivity contribution < 1.29 is 9.53 Å². The van der Waals surface area contributed by atoms with Gasteiger partial charge < -0.3 is 10.1 Å². The SMILES string of the molecule is Cc1ccc(OCC(=O)Nc2cc(C)nn2-c2nc3cc4c(cc3s2)CCCC4)cc1. The van der Waals surface area contributed by atoms with Crippen LogP contribution in [0, 0.1) is 13.8 Å². The lowest BCUT2D eigenvalue weighted by Gasteiger charge is -2.14. The molecule has 0 spiro atoms. The Labute approximate surface area is 184 Å². The molecule has 4 aromatic rings. The molecule has 1 amide bonds. The molecule has 2 heterocycles. The van der Waals surface area contributed by atoms with E-state index in [0.29, 0.717) is 11.6 Å². The maximum atomic E-state index is 12.5. The van der Waals surface area contributed by atoms with E-state index in [1.807, 2.05) is 44.2 Å². The van der Waals surface area contributed by atoms with Gasteiger partial charge in [0.2, 0.25) is 5.13 Å². The van der Waals surface area contributed by atoms with Crippen molar-refractivity contribution in [3.8, 4) is 10.9 Å². The van der Waals surface area contributed by atoms with Gasteiger partial charge in [-0.3, -0.25) is 4.79 Å². The minimum absolute atomic E-state index is 0.0696. The van der Waals surface area contributed by atoms with Crippen molar-refractivity contribution in [3.63, 3.8) is 0 Å². The van der Waals surface area contributed by atoms with Gasteiger partial charge in [-0.2, -0.15) is 9.78 Å². The van der Waals surface area contributed by atoms with Crippen molar-refractivity contribution in [2.75, 3.05) is 11.9 Å². The summed E-state index contributed by atoms with van der Waals surface area (Å²) >= 11 is 1.60. The lowest BCUT2D eigenvalue weighted by molar-refractivity contribution is -0.118. The van der Waals surface area contributed by atoms with Gasteiger partial charge in [0, 0.05) is 6.07 Å². The van der Waals surface area contributed by atoms with E-state index in [-0.39, 0.29) is 12.5 Å². The predicted molar refractivity (Wildman–Crippen MR) is 123 cm³/mol. The Kier molecular flexibility index (Phi) is 5.19. The highest BCUT2D eigenvalue weighted by Crippen LogP contribution is 2.32. The molecule has 1 aliphatic carbocycles. The van der Waals surface area contributed by atoms with Gasteiger partial charge in [-0.15, -0.1) is 0 Å². The van der Waals surface area contributed by atoms with Crippen molar-refractivity contribution in [1.29, 1.82) is 0 Å². The smallest absolute Gasteiger partial charge is 0.263 e. The van der Waals surface area contributed by atoms with Crippen LogP contribution in [0.25, 0.3) is 15.3 Å². The van der Waals surface area contributed by atoms with Crippen LogP contribution in [-0.2, 0) is 17.6 Å². The Morgan fingerprint density at radius 1 is 1.10 bits per heavy atom. The molecule has 2 aromatic carbocycles. The first-order valence-corrected chi connectivity index (χ1v) is 11.4. The van der Waals surface area contributed by atoms with E-state index in [1.54, 1.807) is 16.0 Å². The van der Waals surface area contributed by atoms with Crippen LogP contribution in [0.15, 0.2) is 42.5 Å². The Hall–Kier alpha value is -3.19. The molecule has 0 unspecified atom stereocenters. The molecule has 1 N–H and O–H groups in total. The first kappa shape index (κ1) is 19.8. The number of fused-ring (bicyclic) bond motifs is 2. The van der Waals surface area contributed by atoms with Crippen molar-refractivity contribution in [2.45, 2.75) is 39.5 Å². The average molecular weight is 433 g/mol. The van der Waals surface area contributed by atoms with Crippen LogP contribution < -0.4 is 10.1 Å². The zero-order valence-corrected chi connectivity index (χ0v) is 18.5. The van der Waals surface area contributed by atoms with Gasteiger partial charge in [0.1, 0.15) is 11.6 Å². The number of amides is 1. The molecule has 7 heteroatoms. The molecule has 0 radical (unpaired) electrons. The molecular formula is C24H24N4O2S. The lowest BCUT2D eigenvalue weighted by Crippen LogP contribution is -2.21. The summed E-state index contributed by atoms with van der Waals surface area (Å²) in [5.74, 6) is 1.03. The lowest BCUT2D eigenvalue weighted by atomic mass is 9.92. The van der Waals surface area contributed by atoms with Gasteiger partial charge in [0.15, 0.2) is 6.61 Å². The minimum Gasteiger partial charge on any atom is -0.484 e. The molecule has 5 rings (SSSR count). The Morgan fingerprint density at radius 2 is 1.84 bits per heavy atom. The second kappa shape index (κ2) is 8.15. The van der Waals surface area contributed by atoms with Crippen molar-refractivity contribution in [3.05, 3.63) is 64.8 Å². The van der Waals surface area contributed by atoms with Crippen LogP contribution >= 0.6 is 11.3 Å². The zero-order valence-electron chi connectivity index (χ0n) is 17.6. The molecule has 31 heavy (non-hydrogen) atoms. The normalized spacial score (nSPS) is 13.2. The second-order valence-corrected chi connectivity index (χ2v) is 9.03. The maximum Gasteiger partial charge on any atom is 0.263 e. The summed E-state index contributed by atoms with van der Waals surface area (Å²) in [5.41, 5.74) is 5.80. The maximum absolute atomic E-state index is 12.5. The van der Waals surface area contributed by atoms with Gasteiger partial charge in [-0.05, 0) is 74.9 Å². The Balaban J connectivity index is 1.36. The third kappa shape index (κ3) is 4.18. The van der Waals surface area contributed by atoms with E-state index < -0.39 is 0 Å². The number of carbonyl (C=O) groups excluding carboxylic acids is 1. The molecule has 0 saturated carbocycles. The van der Waals surface area contributed by atoms with E-state index >= 15 is 0 Å². The number of carbonyl (C=O) groups is 1. The van der Waals surface area contributed by atoms with Gasteiger partial charge in [0.05, 0.1) is 15.9 Å². The molecule has 1 aliphatic rings. The van der Waals surface area contributed by atoms with Crippen molar-refractivity contribution >= 4 is 33.3 Å². The number of anilines is 1. The quantitative estimate of drug-likeness (QED) is 0.482. The third-order valence-electron chi connectivity index (χ3n) is 5.51. The van der Waals surface area contributed by atoms with E-state index in [1.165, 1.54) is 24.0 Å². The fraction of sp³-hybridized carbons (Fsp3) is 0.292. The van der Waals surface area contributed by atoms with Crippen LogP contribution in [0.5, 0.6) is 5.75 Å². The van der Waals surface area contributed by atoms with Crippen molar-refractivity contribution in [2.24, 2.45) is 0 Å². The summed E-state index contributed by atoms with van der Waals surface area (Å²) in [6.45, 7) is 3.85. The number of hydrogen-bond donors (Lipinski definition) is 1. The molecule has 0 saturated heterocycles. The highest BCUT2D eigenvalue weighted by Gasteiger charge is 2.17. The number of nitrogens with zero attached hydrogens (tertiary/aromatic N) is 3. The highest BCUT2D eigenvalue weighted by molar-refractivity contribution is 7.20. The molecule has 158 valence electrons. The number of hydrogen-bond acceptors (Lipinski definition) is 5. The molecule has 0 bridgehead atoms. The summed E-state index contributed by atoms with van der Waals surface area (Å²) in [7, 11) is 0. The fourth-order valence-corrected chi connectivity index (χ4v) is 4.91. The molecule has 0 atom stereocenters. The summed E-state index contributed by atoms with van der Waals surface area (Å²) in [5, 5.41) is 8.23. The van der Waals surface area contributed by atoms with Crippen LogP contribution in [0.3, 0.4) is 0 Å². The number of benzene rings is 2. The monoisotopic (exact) mass is 432 g/mol. The topological polar surface area (TPSA) is 69.0 Å². The summed E-state index contributed by atoms with van der Waals surface area (Å²) in [6.07, 6.45) is 4.76. The van der Waals surface area contributed by atoms with Gasteiger partial charge in [0.25, 0.3) is 5.91 Å². The number of aryl methyl sites for hydroxylation is 4. The minimum atomic E-state index is -0.238. The Bertz CT molecular complexity index is 1210. The standard InChI is InChI=1S/C24H24N4O2S/c1-15-7-9-19(10-8-15)30-14-23(29)26-22-11-16(2)27-28(22)24-25-20-12-17-5-3-4-6-18(17)13-21(20)31-24/h7-13H,3-6,14H2,1-2H3,(H,26,29). The van der Waals surface area contributed by atoms with Crippen LogP contribution in [0.4, 0.5) is 5.82 Å². The van der Waals surface area contributed by atoms with E-state index in [0.717, 1.165) is 39.4 Å². The summed E-state index contributed by atoms with van der Waals surface area (Å²) < 4.78 is 8.46. The largest absolute Gasteiger partial charge is 0.484 e. The molecular weight excluding hydrogens is 408 g/mol. The molecule has 6 nitrogen and oxygen atoms in total. The Morgan fingerprint density at radius 3 is 2.61 bits per heavy atom. The highest BCUT2D eigenvalue weighted by atomic mass is 32.1. The second-order valence-electron chi connectivity index (χ2n) is 8.02. The summed E-state index contributed by atoms with van der Waals surface area (Å²) in [4.78, 5) is 17.3. The number of ether oxygens (including phenoxy) is 1. The first-order chi connectivity index (χ1) is 15.0. The zero-order chi connectivity index (χ0) is 21.4. The number of rotatable bonds is 5. The molecule has 0 fully saturated rings. The van der Waals surface area contributed by atoms with E-state index in [9.17, 15) is 4.79 Å². The predicted octanol–water partition coefficient (Wildman–Crippen LogP) is 5.00. The van der Waals surface area contributed by atoms with E-state index in [4.69, 9.17) is 9.72 Å². The average Bonchev–Trinajstić information content (AvgIpc) is 3.33. The van der Waals surface area contributed by atoms with Crippen LogP contribution in [0.2, 0.25) is 0 Å². The van der Waals surface area contributed by atoms with Gasteiger partial charge in [-0.25, -0.2) is 4.98 Å².